The van der Waals surface area contributed by atoms with Crippen molar-refractivity contribution in [3.05, 3.63) is 42.9 Å². The summed E-state index contributed by atoms with van der Waals surface area (Å²) in [5.74, 6) is 0.906. The quantitative estimate of drug-likeness (QED) is 0.703. The maximum absolute atomic E-state index is 12.3. The number of fused-ring (bicyclic) bond motifs is 1. The molecule has 1 N–H and O–H groups in total. The fourth-order valence-electron chi connectivity index (χ4n) is 3.19. The minimum absolute atomic E-state index is 0.233. The SMILES string of the molecule is O=S(=O)(NCCn1ncc2c(N3CCCC3)ncnc21)c1ccccc1. The molecular weight excluding hydrogens is 352 g/mol. The van der Waals surface area contributed by atoms with Crippen LogP contribution in [-0.4, -0.2) is 47.8 Å². The Kier molecular flexibility index (Phi) is 4.56. The summed E-state index contributed by atoms with van der Waals surface area (Å²) in [7, 11) is -3.52. The first-order valence-electron chi connectivity index (χ1n) is 8.61. The van der Waals surface area contributed by atoms with E-state index in [2.05, 4.69) is 24.7 Å². The highest BCUT2D eigenvalue weighted by Gasteiger charge is 2.19. The molecule has 0 amide bonds. The van der Waals surface area contributed by atoms with Crippen LogP contribution in [0.2, 0.25) is 0 Å². The molecule has 1 aliphatic heterocycles. The van der Waals surface area contributed by atoms with Gasteiger partial charge in [0.15, 0.2) is 5.65 Å². The van der Waals surface area contributed by atoms with Gasteiger partial charge in [0.1, 0.15) is 12.1 Å². The monoisotopic (exact) mass is 372 g/mol. The van der Waals surface area contributed by atoms with E-state index in [-0.39, 0.29) is 11.4 Å². The molecule has 0 saturated carbocycles. The molecule has 136 valence electrons. The number of hydrogen-bond acceptors (Lipinski definition) is 6. The molecule has 9 heteroatoms. The second kappa shape index (κ2) is 7.00. The fraction of sp³-hybridized carbons (Fsp3) is 0.353. The number of benzene rings is 1. The van der Waals surface area contributed by atoms with Crippen molar-refractivity contribution in [3.8, 4) is 0 Å². The standard InChI is InChI=1S/C17H20N6O2S/c24-26(25,14-6-2-1-3-7-14)21-8-11-23-17-15(12-20-23)16(18-13-19-17)22-9-4-5-10-22/h1-3,6-7,12-13,21H,4-5,8-11H2. The predicted octanol–water partition coefficient (Wildman–Crippen LogP) is 1.40. The van der Waals surface area contributed by atoms with Crippen LogP contribution in [0, 0.1) is 0 Å². The Morgan fingerprint density at radius 3 is 2.62 bits per heavy atom. The van der Waals surface area contributed by atoms with Crippen molar-refractivity contribution in [2.75, 3.05) is 24.5 Å². The van der Waals surface area contributed by atoms with E-state index in [4.69, 9.17) is 0 Å². The van der Waals surface area contributed by atoms with E-state index in [9.17, 15) is 8.42 Å². The Morgan fingerprint density at radius 1 is 1.08 bits per heavy atom. The van der Waals surface area contributed by atoms with Crippen molar-refractivity contribution >= 4 is 26.9 Å². The van der Waals surface area contributed by atoms with E-state index < -0.39 is 10.0 Å². The fourth-order valence-corrected chi connectivity index (χ4v) is 4.24. The van der Waals surface area contributed by atoms with Crippen LogP contribution in [0.25, 0.3) is 11.0 Å². The lowest BCUT2D eigenvalue weighted by Crippen LogP contribution is -2.27. The maximum atomic E-state index is 12.3. The second-order valence-corrected chi connectivity index (χ2v) is 7.97. The van der Waals surface area contributed by atoms with Crippen molar-refractivity contribution < 1.29 is 8.42 Å². The summed E-state index contributed by atoms with van der Waals surface area (Å²) in [4.78, 5) is 11.2. The minimum Gasteiger partial charge on any atom is -0.356 e. The highest BCUT2D eigenvalue weighted by Crippen LogP contribution is 2.25. The van der Waals surface area contributed by atoms with Crippen molar-refractivity contribution in [2.24, 2.45) is 0 Å². The topological polar surface area (TPSA) is 93.0 Å². The molecule has 0 unspecified atom stereocenters. The number of rotatable bonds is 6. The van der Waals surface area contributed by atoms with Crippen LogP contribution >= 0.6 is 0 Å². The Morgan fingerprint density at radius 2 is 1.85 bits per heavy atom. The van der Waals surface area contributed by atoms with Gasteiger partial charge in [0, 0.05) is 19.6 Å². The number of aromatic nitrogens is 4. The summed E-state index contributed by atoms with van der Waals surface area (Å²) in [6.07, 6.45) is 5.64. The summed E-state index contributed by atoms with van der Waals surface area (Å²) < 4.78 is 28.9. The van der Waals surface area contributed by atoms with Crippen molar-refractivity contribution in [3.63, 3.8) is 0 Å². The van der Waals surface area contributed by atoms with E-state index in [0.717, 1.165) is 29.9 Å². The summed E-state index contributed by atoms with van der Waals surface area (Å²) >= 11 is 0. The van der Waals surface area contributed by atoms with Gasteiger partial charge in [0.2, 0.25) is 10.0 Å². The Balaban J connectivity index is 1.49. The van der Waals surface area contributed by atoms with Crippen LogP contribution in [0.15, 0.2) is 47.8 Å². The molecule has 0 atom stereocenters. The molecule has 1 aliphatic rings. The molecule has 3 aromatic rings. The first kappa shape index (κ1) is 16.9. The largest absolute Gasteiger partial charge is 0.356 e. The number of hydrogen-bond donors (Lipinski definition) is 1. The average Bonchev–Trinajstić information content (AvgIpc) is 3.32. The predicted molar refractivity (Wildman–Crippen MR) is 98.4 cm³/mol. The van der Waals surface area contributed by atoms with Gasteiger partial charge in [0.25, 0.3) is 0 Å². The van der Waals surface area contributed by atoms with E-state index in [1.165, 1.54) is 12.8 Å². The van der Waals surface area contributed by atoms with Gasteiger partial charge < -0.3 is 4.90 Å². The van der Waals surface area contributed by atoms with Gasteiger partial charge in [-0.25, -0.2) is 27.8 Å². The van der Waals surface area contributed by atoms with Gasteiger partial charge in [0.05, 0.1) is 23.0 Å². The lowest BCUT2D eigenvalue weighted by molar-refractivity contribution is 0.564. The Hall–Kier alpha value is -2.52. The van der Waals surface area contributed by atoms with Gasteiger partial charge >= 0.3 is 0 Å². The van der Waals surface area contributed by atoms with Gasteiger partial charge in [-0.05, 0) is 25.0 Å². The van der Waals surface area contributed by atoms with Gasteiger partial charge in [-0.1, -0.05) is 18.2 Å². The Bertz CT molecular complexity index is 997. The van der Waals surface area contributed by atoms with Gasteiger partial charge in [-0.15, -0.1) is 0 Å². The third-order valence-corrected chi connectivity index (χ3v) is 5.96. The van der Waals surface area contributed by atoms with E-state index in [1.54, 1.807) is 47.5 Å². The molecular formula is C17H20N6O2S. The molecule has 0 bridgehead atoms. The average molecular weight is 372 g/mol. The molecule has 4 rings (SSSR count). The zero-order valence-corrected chi connectivity index (χ0v) is 15.1. The molecule has 0 radical (unpaired) electrons. The van der Waals surface area contributed by atoms with E-state index in [1.807, 2.05) is 0 Å². The van der Waals surface area contributed by atoms with Crippen LogP contribution in [0.3, 0.4) is 0 Å². The third-order valence-electron chi connectivity index (χ3n) is 4.49. The minimum atomic E-state index is -3.52. The zero-order valence-electron chi connectivity index (χ0n) is 14.2. The first-order valence-corrected chi connectivity index (χ1v) is 10.1. The molecule has 1 aromatic carbocycles. The summed E-state index contributed by atoms with van der Waals surface area (Å²) in [6.45, 7) is 2.62. The lowest BCUT2D eigenvalue weighted by atomic mass is 10.3. The summed E-state index contributed by atoms with van der Waals surface area (Å²) in [5, 5.41) is 5.28. The normalized spacial score (nSPS) is 15.0. The molecule has 3 heterocycles. The first-order chi connectivity index (χ1) is 12.6. The zero-order chi connectivity index (χ0) is 18.0. The van der Waals surface area contributed by atoms with Crippen LogP contribution in [0.1, 0.15) is 12.8 Å². The van der Waals surface area contributed by atoms with Gasteiger partial charge in [-0.2, -0.15) is 5.10 Å². The van der Waals surface area contributed by atoms with Crippen LogP contribution in [-0.2, 0) is 16.6 Å². The van der Waals surface area contributed by atoms with Crippen LogP contribution in [0.4, 0.5) is 5.82 Å². The maximum Gasteiger partial charge on any atom is 0.240 e. The van der Waals surface area contributed by atoms with Crippen molar-refractivity contribution in [2.45, 2.75) is 24.3 Å². The highest BCUT2D eigenvalue weighted by molar-refractivity contribution is 7.89. The number of anilines is 1. The smallest absolute Gasteiger partial charge is 0.240 e. The molecule has 26 heavy (non-hydrogen) atoms. The molecule has 2 aromatic heterocycles. The van der Waals surface area contributed by atoms with E-state index in [0.29, 0.717) is 6.54 Å². The third kappa shape index (κ3) is 3.27. The molecule has 0 spiro atoms. The summed E-state index contributed by atoms with van der Waals surface area (Å²) in [6, 6.07) is 8.33. The highest BCUT2D eigenvalue weighted by atomic mass is 32.2. The van der Waals surface area contributed by atoms with Crippen molar-refractivity contribution in [1.82, 2.24) is 24.5 Å². The number of sulfonamides is 1. The van der Waals surface area contributed by atoms with Crippen molar-refractivity contribution in [1.29, 1.82) is 0 Å². The van der Waals surface area contributed by atoms with Crippen LogP contribution in [0.5, 0.6) is 0 Å². The lowest BCUT2D eigenvalue weighted by Gasteiger charge is -2.16. The van der Waals surface area contributed by atoms with Gasteiger partial charge in [-0.3, -0.25) is 0 Å². The molecule has 0 aliphatic carbocycles. The van der Waals surface area contributed by atoms with Crippen LogP contribution < -0.4 is 9.62 Å². The molecule has 8 nitrogen and oxygen atoms in total. The summed E-state index contributed by atoms with van der Waals surface area (Å²) in [5.41, 5.74) is 0.723. The number of nitrogens with zero attached hydrogens (tertiary/aromatic N) is 5. The Labute approximate surface area is 151 Å². The number of nitrogens with one attached hydrogen (secondary N) is 1. The molecule has 1 saturated heterocycles. The molecule has 1 fully saturated rings. The van der Waals surface area contributed by atoms with E-state index >= 15 is 0 Å². The second-order valence-electron chi connectivity index (χ2n) is 6.21.